The summed E-state index contributed by atoms with van der Waals surface area (Å²) in [6.07, 6.45) is 9.53. The van der Waals surface area contributed by atoms with Gasteiger partial charge in [0.15, 0.2) is 5.82 Å². The molecule has 0 spiro atoms. The number of benzene rings is 1. The molecule has 1 aromatic carbocycles. The lowest BCUT2D eigenvalue weighted by Gasteiger charge is -2.41. The summed E-state index contributed by atoms with van der Waals surface area (Å²) in [7, 11) is 1.72. The molecule has 8 rings (SSSR count). The number of halogens is 3. The molecule has 0 radical (unpaired) electrons. The number of carbonyl (C=O) groups is 1. The fourth-order valence-corrected chi connectivity index (χ4v) is 9.19. The van der Waals surface area contributed by atoms with Crippen LogP contribution in [0.1, 0.15) is 56.4 Å². The Bertz CT molecular complexity index is 1940. The van der Waals surface area contributed by atoms with Gasteiger partial charge in [-0.2, -0.15) is 15.2 Å². The molecule has 1 saturated carbocycles. The third-order valence-electron chi connectivity index (χ3n) is 11.7. The van der Waals surface area contributed by atoms with E-state index < -0.39 is 23.6 Å². The first-order valence-electron chi connectivity index (χ1n) is 18.8. The van der Waals surface area contributed by atoms with Crippen LogP contribution in [-0.4, -0.2) is 125 Å². The van der Waals surface area contributed by atoms with Crippen molar-refractivity contribution < 1.29 is 23.0 Å². The van der Waals surface area contributed by atoms with Crippen molar-refractivity contribution in [1.82, 2.24) is 29.7 Å². The highest BCUT2D eigenvalue weighted by Gasteiger charge is 2.49. The maximum atomic E-state index is 16.9. The minimum Gasteiger partial charge on any atom is -0.461 e. The van der Waals surface area contributed by atoms with E-state index >= 15 is 4.39 Å². The summed E-state index contributed by atoms with van der Waals surface area (Å²) in [6, 6.07) is 7.28. The number of fused-ring (bicyclic) bond motifs is 2. The zero-order valence-electron chi connectivity index (χ0n) is 30.0. The van der Waals surface area contributed by atoms with Gasteiger partial charge in [0.2, 0.25) is 5.91 Å². The van der Waals surface area contributed by atoms with Crippen molar-refractivity contribution in [3.8, 4) is 23.3 Å². The highest BCUT2D eigenvalue weighted by atomic mass is 35.5. The van der Waals surface area contributed by atoms with Gasteiger partial charge >= 0.3 is 6.01 Å². The molecule has 53 heavy (non-hydrogen) atoms. The van der Waals surface area contributed by atoms with Gasteiger partial charge in [0.05, 0.1) is 35.6 Å². The molecule has 3 aromatic rings. The molecule has 0 bridgehead atoms. The van der Waals surface area contributed by atoms with Gasteiger partial charge in [-0.25, -0.2) is 8.78 Å². The van der Waals surface area contributed by atoms with Gasteiger partial charge in [0, 0.05) is 82.2 Å². The molecule has 4 aliphatic heterocycles. The van der Waals surface area contributed by atoms with Crippen LogP contribution in [0.25, 0.3) is 22.2 Å². The number of carbonyl (C=O) groups excluding carboxylic acids is 1. The Balaban J connectivity index is 1.10. The third-order valence-corrected chi connectivity index (χ3v) is 12.1. The van der Waals surface area contributed by atoms with E-state index in [-0.39, 0.29) is 48.2 Å². The number of ether oxygens (including phenoxy) is 2. The molecule has 1 amide bonds. The van der Waals surface area contributed by atoms with Crippen molar-refractivity contribution in [3.63, 3.8) is 0 Å². The van der Waals surface area contributed by atoms with E-state index in [1.807, 2.05) is 23.1 Å². The summed E-state index contributed by atoms with van der Waals surface area (Å²) in [5.74, 6) is -0.0893. The number of hydrogen-bond acceptors (Lipinski definition) is 10. The van der Waals surface area contributed by atoms with E-state index in [0.29, 0.717) is 60.9 Å². The Morgan fingerprint density at radius 2 is 2.02 bits per heavy atom. The number of methoxy groups -OCH3 is 1. The fourth-order valence-electron chi connectivity index (χ4n) is 8.86. The number of pyridine rings is 1. The number of piperazine rings is 1. The fraction of sp³-hybridized carbons (Fsp3) is 0.564. The Hall–Kier alpha value is -3.96. The molecule has 6 heterocycles. The van der Waals surface area contributed by atoms with Crippen LogP contribution in [0.15, 0.2) is 36.5 Å². The second-order valence-electron chi connectivity index (χ2n) is 15.2. The molecule has 1 aliphatic carbocycles. The number of nitriles is 1. The second kappa shape index (κ2) is 15.1. The zero-order chi connectivity index (χ0) is 36.7. The number of aromatic nitrogens is 3. The summed E-state index contributed by atoms with van der Waals surface area (Å²) < 4.78 is 43.2. The molecule has 2 aromatic heterocycles. The van der Waals surface area contributed by atoms with Gasteiger partial charge in [-0.3, -0.25) is 19.6 Å². The molecule has 14 heteroatoms. The number of anilines is 1. The van der Waals surface area contributed by atoms with Crippen molar-refractivity contribution in [2.75, 3.05) is 71.0 Å². The molecular formula is C39H45ClF2N8O3. The van der Waals surface area contributed by atoms with Crippen LogP contribution in [0, 0.1) is 17.1 Å². The highest BCUT2D eigenvalue weighted by molar-refractivity contribution is 6.32. The molecule has 5 aliphatic rings. The topological polar surface area (TPSA) is 111 Å². The summed E-state index contributed by atoms with van der Waals surface area (Å²) in [6.45, 7) is 4.79. The normalized spacial score (nSPS) is 26.5. The standard InChI is InChI=1S/C39H45ClF2N8O3/c1-52-28-11-16-47(23-28)14-3-7-32(51)50-18-17-48(22-27(50)10-13-43)37-30-20-44-35(29-5-2-6-31(40)33(29)25-8-9-25)34(42)36(30)45-38(46-37)53-24-39-12-4-15-49(39)21-26(41)19-39/h2-3,5-7,20,25-28H,4,8-12,14-19,21-24H2,1H3/b7-3+/t26-,27+,28-,39+/m1/s1. The average Bonchev–Trinajstić information content (AvgIpc) is 3.62. The number of hydrogen-bond donors (Lipinski definition) is 0. The number of rotatable bonds is 11. The van der Waals surface area contributed by atoms with Crippen molar-refractivity contribution >= 4 is 34.2 Å². The lowest BCUT2D eigenvalue weighted by molar-refractivity contribution is -0.128. The van der Waals surface area contributed by atoms with Gasteiger partial charge in [-0.15, -0.1) is 0 Å². The summed E-state index contributed by atoms with van der Waals surface area (Å²) in [4.78, 5) is 35.7. The smallest absolute Gasteiger partial charge is 0.319 e. The second-order valence-corrected chi connectivity index (χ2v) is 15.6. The maximum absolute atomic E-state index is 16.9. The van der Waals surface area contributed by atoms with E-state index in [1.165, 1.54) is 0 Å². The van der Waals surface area contributed by atoms with Gasteiger partial charge in [-0.1, -0.05) is 29.8 Å². The first-order chi connectivity index (χ1) is 25.8. The lowest BCUT2D eigenvalue weighted by Crippen LogP contribution is -2.55. The van der Waals surface area contributed by atoms with Crippen molar-refractivity contribution in [2.24, 2.45) is 0 Å². The SMILES string of the molecule is CO[C@@H]1CCN(C/C=C/C(=O)N2CCN(c3nc(OC[C@@]45CCCN4C[C@H](F)C5)nc4c(F)c(-c5cccc(Cl)c5C5CC5)ncc34)C[C@@H]2CC#N)C1. The summed E-state index contributed by atoms with van der Waals surface area (Å²) in [5, 5.41) is 10.8. The van der Waals surface area contributed by atoms with Gasteiger partial charge in [-0.05, 0) is 56.2 Å². The van der Waals surface area contributed by atoms with E-state index in [9.17, 15) is 14.4 Å². The van der Waals surface area contributed by atoms with Crippen molar-refractivity contribution in [1.29, 1.82) is 5.26 Å². The van der Waals surface area contributed by atoms with Crippen LogP contribution in [0.4, 0.5) is 14.6 Å². The molecule has 5 fully saturated rings. The number of amides is 1. The Morgan fingerprint density at radius 1 is 1.15 bits per heavy atom. The minimum atomic E-state index is -0.925. The molecule has 0 N–H and O–H groups in total. The van der Waals surface area contributed by atoms with Gasteiger partial charge in [0.1, 0.15) is 29.8 Å². The zero-order valence-corrected chi connectivity index (χ0v) is 30.8. The number of alkyl halides is 1. The van der Waals surface area contributed by atoms with Crippen LogP contribution < -0.4 is 9.64 Å². The Labute approximate surface area is 313 Å². The third kappa shape index (κ3) is 7.19. The number of nitrogens with zero attached hydrogens (tertiary/aromatic N) is 8. The van der Waals surface area contributed by atoms with Gasteiger partial charge in [0.25, 0.3) is 0 Å². The monoisotopic (exact) mass is 746 g/mol. The van der Waals surface area contributed by atoms with E-state index in [0.717, 1.165) is 57.3 Å². The number of likely N-dealkylation sites (tertiary alicyclic amines) is 1. The quantitative estimate of drug-likeness (QED) is 0.233. The molecule has 4 atom stereocenters. The lowest BCUT2D eigenvalue weighted by atomic mass is 9.95. The van der Waals surface area contributed by atoms with Crippen LogP contribution in [0.3, 0.4) is 0 Å². The van der Waals surface area contributed by atoms with Crippen LogP contribution in [0.5, 0.6) is 6.01 Å². The Morgan fingerprint density at radius 3 is 2.81 bits per heavy atom. The first kappa shape index (κ1) is 36.0. The average molecular weight is 747 g/mol. The van der Waals surface area contributed by atoms with E-state index in [2.05, 4.69) is 25.8 Å². The van der Waals surface area contributed by atoms with Crippen LogP contribution in [-0.2, 0) is 9.53 Å². The molecule has 11 nitrogen and oxygen atoms in total. The highest BCUT2D eigenvalue weighted by Crippen LogP contribution is 2.48. The summed E-state index contributed by atoms with van der Waals surface area (Å²) in [5.41, 5.74) is 1.30. The van der Waals surface area contributed by atoms with Gasteiger partial charge < -0.3 is 19.3 Å². The largest absolute Gasteiger partial charge is 0.461 e. The van der Waals surface area contributed by atoms with Crippen LogP contribution in [0.2, 0.25) is 5.02 Å². The molecule has 280 valence electrons. The maximum Gasteiger partial charge on any atom is 0.319 e. The van der Waals surface area contributed by atoms with E-state index in [4.69, 9.17) is 26.1 Å². The molecule has 0 unspecified atom stereocenters. The summed E-state index contributed by atoms with van der Waals surface area (Å²) >= 11 is 6.64. The molecule has 4 saturated heterocycles. The minimum absolute atomic E-state index is 0.00325. The van der Waals surface area contributed by atoms with E-state index in [1.54, 1.807) is 30.3 Å². The predicted molar refractivity (Wildman–Crippen MR) is 197 cm³/mol. The van der Waals surface area contributed by atoms with Crippen molar-refractivity contribution in [2.45, 2.75) is 74.7 Å². The van der Waals surface area contributed by atoms with Crippen LogP contribution >= 0.6 is 11.6 Å². The molecular weight excluding hydrogens is 702 g/mol. The first-order valence-corrected chi connectivity index (χ1v) is 19.2. The predicted octanol–water partition coefficient (Wildman–Crippen LogP) is 5.52. The Kier molecular flexibility index (Phi) is 10.2. The van der Waals surface area contributed by atoms with Crippen molar-refractivity contribution in [3.05, 3.63) is 53.0 Å².